The Kier molecular flexibility index (Phi) is 4.04. The predicted molar refractivity (Wildman–Crippen MR) is 84.1 cm³/mol. The van der Waals surface area contributed by atoms with Crippen molar-refractivity contribution >= 4 is 11.6 Å². The first-order valence-electron chi connectivity index (χ1n) is 7.05. The second-order valence-corrected chi connectivity index (χ2v) is 6.24. The van der Waals surface area contributed by atoms with Gasteiger partial charge in [0.2, 0.25) is 0 Å². The fraction of sp³-hybridized carbons (Fsp3) is 0.562. The summed E-state index contributed by atoms with van der Waals surface area (Å²) in [6, 6.07) is 6.40. The third-order valence-corrected chi connectivity index (χ3v) is 4.48. The van der Waals surface area contributed by atoms with Gasteiger partial charge in [0.15, 0.2) is 5.96 Å². The molecule has 1 saturated carbocycles. The fourth-order valence-corrected chi connectivity index (χ4v) is 2.65. The molecule has 1 aromatic carbocycles. The van der Waals surface area contributed by atoms with Crippen molar-refractivity contribution in [1.82, 2.24) is 0 Å². The normalized spacial score (nSPS) is 25.1. The maximum Gasteiger partial charge on any atom is 0.193 e. The lowest BCUT2D eigenvalue weighted by Crippen LogP contribution is -2.54. The minimum atomic E-state index is 0.0459. The first-order valence-corrected chi connectivity index (χ1v) is 7.05. The van der Waals surface area contributed by atoms with Crippen molar-refractivity contribution in [3.63, 3.8) is 0 Å². The average molecular weight is 275 g/mol. The van der Waals surface area contributed by atoms with Gasteiger partial charge in [-0.3, -0.25) is 0 Å². The number of nitrogens with zero attached hydrogens (tertiary/aromatic N) is 1. The molecule has 1 aliphatic carbocycles. The zero-order valence-corrected chi connectivity index (χ0v) is 13.0. The number of anilines is 1. The molecule has 4 nitrogen and oxygen atoms in total. The fourth-order valence-electron chi connectivity index (χ4n) is 2.65. The molecule has 0 saturated heterocycles. The van der Waals surface area contributed by atoms with E-state index in [9.17, 15) is 0 Å². The molecule has 2 atom stereocenters. The molecule has 20 heavy (non-hydrogen) atoms. The van der Waals surface area contributed by atoms with Gasteiger partial charge in [0.25, 0.3) is 0 Å². The van der Waals surface area contributed by atoms with Gasteiger partial charge in [0.1, 0.15) is 0 Å². The van der Waals surface area contributed by atoms with E-state index in [1.165, 1.54) is 11.1 Å². The summed E-state index contributed by atoms with van der Waals surface area (Å²) in [5, 5.41) is 3.17. The molecule has 0 bridgehead atoms. The molecule has 0 aromatic heterocycles. The van der Waals surface area contributed by atoms with Crippen LogP contribution in [-0.4, -0.2) is 25.2 Å². The molecular weight excluding hydrogens is 250 g/mol. The van der Waals surface area contributed by atoms with Gasteiger partial charge in [-0.05, 0) is 43.5 Å². The Hall–Kier alpha value is -1.55. The summed E-state index contributed by atoms with van der Waals surface area (Å²) in [5.74, 6) is 0.473. The van der Waals surface area contributed by atoms with Crippen LogP contribution in [0.5, 0.6) is 0 Å². The molecule has 3 N–H and O–H groups in total. The number of benzene rings is 1. The van der Waals surface area contributed by atoms with Gasteiger partial charge < -0.3 is 15.8 Å². The van der Waals surface area contributed by atoms with Crippen molar-refractivity contribution in [2.75, 3.05) is 12.4 Å². The number of aliphatic imine (C=N–C) groups is 1. The minimum absolute atomic E-state index is 0.0459. The van der Waals surface area contributed by atoms with Gasteiger partial charge in [-0.15, -0.1) is 0 Å². The number of guanidine groups is 1. The molecule has 2 unspecified atom stereocenters. The summed E-state index contributed by atoms with van der Waals surface area (Å²) >= 11 is 0. The molecule has 110 valence electrons. The Morgan fingerprint density at radius 2 is 2.05 bits per heavy atom. The standard InChI is InChI=1S/C16H25N3O/c1-10-6-7-12(8-11(10)2)18-15(17)19-13-9-14(20-5)16(13,3)4/h6-8,13-14H,9H2,1-5H3,(H3,17,18,19). The van der Waals surface area contributed by atoms with Crippen LogP contribution in [0.15, 0.2) is 23.2 Å². The largest absolute Gasteiger partial charge is 0.381 e. The SMILES string of the molecule is COC1CC(N=C(N)Nc2ccc(C)c(C)c2)C1(C)C. The second kappa shape index (κ2) is 5.44. The second-order valence-electron chi connectivity index (χ2n) is 6.24. The summed E-state index contributed by atoms with van der Waals surface area (Å²) in [4.78, 5) is 4.58. The van der Waals surface area contributed by atoms with E-state index >= 15 is 0 Å². The zero-order chi connectivity index (χ0) is 14.9. The van der Waals surface area contributed by atoms with Crippen molar-refractivity contribution in [3.05, 3.63) is 29.3 Å². The first-order chi connectivity index (χ1) is 9.34. The molecule has 0 spiro atoms. The minimum Gasteiger partial charge on any atom is -0.381 e. The van der Waals surface area contributed by atoms with Gasteiger partial charge >= 0.3 is 0 Å². The van der Waals surface area contributed by atoms with Crippen LogP contribution in [0, 0.1) is 19.3 Å². The van der Waals surface area contributed by atoms with E-state index in [4.69, 9.17) is 10.5 Å². The maximum absolute atomic E-state index is 6.01. The van der Waals surface area contributed by atoms with Crippen LogP contribution in [0.1, 0.15) is 31.4 Å². The zero-order valence-electron chi connectivity index (χ0n) is 13.0. The monoisotopic (exact) mass is 275 g/mol. The Morgan fingerprint density at radius 1 is 1.35 bits per heavy atom. The molecule has 1 aromatic rings. The van der Waals surface area contributed by atoms with Crippen LogP contribution in [0.25, 0.3) is 0 Å². The summed E-state index contributed by atoms with van der Waals surface area (Å²) in [6.07, 6.45) is 1.20. The highest BCUT2D eigenvalue weighted by Gasteiger charge is 2.48. The number of hydrogen-bond donors (Lipinski definition) is 2. The van der Waals surface area contributed by atoms with E-state index in [1.54, 1.807) is 7.11 Å². The average Bonchev–Trinajstić information content (AvgIpc) is 2.38. The van der Waals surface area contributed by atoms with E-state index < -0.39 is 0 Å². The highest BCUT2D eigenvalue weighted by molar-refractivity contribution is 5.92. The van der Waals surface area contributed by atoms with E-state index in [0.717, 1.165) is 12.1 Å². The van der Waals surface area contributed by atoms with Crippen LogP contribution in [0.4, 0.5) is 5.69 Å². The number of rotatable bonds is 3. The Labute approximate surface area is 121 Å². The van der Waals surface area contributed by atoms with E-state index in [2.05, 4.69) is 50.1 Å². The lowest BCUT2D eigenvalue weighted by atomic mass is 9.65. The van der Waals surface area contributed by atoms with Crippen LogP contribution < -0.4 is 11.1 Å². The van der Waals surface area contributed by atoms with Crippen LogP contribution in [0.3, 0.4) is 0 Å². The van der Waals surface area contributed by atoms with E-state index in [-0.39, 0.29) is 17.6 Å². The van der Waals surface area contributed by atoms with Crippen molar-refractivity contribution in [3.8, 4) is 0 Å². The topological polar surface area (TPSA) is 59.6 Å². The lowest BCUT2D eigenvalue weighted by molar-refractivity contribution is -0.0850. The van der Waals surface area contributed by atoms with Gasteiger partial charge in [0.05, 0.1) is 12.1 Å². The van der Waals surface area contributed by atoms with Crippen LogP contribution >= 0.6 is 0 Å². The number of nitrogens with two attached hydrogens (primary N) is 1. The van der Waals surface area contributed by atoms with E-state index in [1.807, 2.05) is 6.07 Å². The molecule has 0 aliphatic heterocycles. The Bertz CT molecular complexity index is 522. The molecule has 0 heterocycles. The number of hydrogen-bond acceptors (Lipinski definition) is 2. The molecule has 4 heteroatoms. The predicted octanol–water partition coefficient (Wildman–Crippen LogP) is 2.84. The van der Waals surface area contributed by atoms with Crippen LogP contribution in [-0.2, 0) is 4.74 Å². The summed E-state index contributed by atoms with van der Waals surface area (Å²) in [7, 11) is 1.75. The molecule has 1 fully saturated rings. The summed E-state index contributed by atoms with van der Waals surface area (Å²) in [6.45, 7) is 8.52. The van der Waals surface area contributed by atoms with Crippen molar-refractivity contribution in [2.45, 2.75) is 46.3 Å². The maximum atomic E-state index is 6.01. The molecule has 1 aliphatic rings. The summed E-state index contributed by atoms with van der Waals surface area (Å²) in [5.41, 5.74) is 9.55. The third kappa shape index (κ3) is 2.80. The molecule has 2 rings (SSSR count). The Morgan fingerprint density at radius 3 is 2.60 bits per heavy atom. The highest BCUT2D eigenvalue weighted by Crippen LogP contribution is 2.44. The van der Waals surface area contributed by atoms with Crippen LogP contribution in [0.2, 0.25) is 0 Å². The van der Waals surface area contributed by atoms with Gasteiger partial charge in [-0.1, -0.05) is 19.9 Å². The Balaban J connectivity index is 2.03. The first kappa shape index (κ1) is 14.9. The molecule has 0 radical (unpaired) electrons. The van der Waals surface area contributed by atoms with Gasteiger partial charge in [0, 0.05) is 18.2 Å². The van der Waals surface area contributed by atoms with Gasteiger partial charge in [-0.25, -0.2) is 4.99 Å². The van der Waals surface area contributed by atoms with Crippen molar-refractivity contribution in [2.24, 2.45) is 16.1 Å². The van der Waals surface area contributed by atoms with Gasteiger partial charge in [-0.2, -0.15) is 0 Å². The number of methoxy groups -OCH3 is 1. The highest BCUT2D eigenvalue weighted by atomic mass is 16.5. The summed E-state index contributed by atoms with van der Waals surface area (Å²) < 4.78 is 5.43. The van der Waals surface area contributed by atoms with Crippen molar-refractivity contribution in [1.29, 1.82) is 0 Å². The van der Waals surface area contributed by atoms with E-state index in [0.29, 0.717) is 5.96 Å². The molecular formula is C16H25N3O. The van der Waals surface area contributed by atoms with Crippen molar-refractivity contribution < 1.29 is 4.74 Å². The third-order valence-electron chi connectivity index (χ3n) is 4.48. The lowest BCUT2D eigenvalue weighted by Gasteiger charge is -2.48. The smallest absolute Gasteiger partial charge is 0.193 e. The number of nitrogens with one attached hydrogen (secondary N) is 1. The quantitative estimate of drug-likeness (QED) is 0.658. The number of ether oxygens (including phenoxy) is 1. The molecule has 0 amide bonds. The number of aryl methyl sites for hydroxylation is 2.